The summed E-state index contributed by atoms with van der Waals surface area (Å²) in [4.78, 5) is 0. The first-order valence-corrected chi connectivity index (χ1v) is 7.19. The molecule has 0 aliphatic carbocycles. The number of hydrogen-bond acceptors (Lipinski definition) is 1. The van der Waals surface area contributed by atoms with Crippen LogP contribution in [-0.4, -0.2) is 4.68 Å². The monoisotopic (exact) mass is 272 g/mol. The predicted molar refractivity (Wildman–Crippen MR) is 89.0 cm³/mol. The Morgan fingerprint density at radius 3 is 1.76 bits per heavy atom. The fraction of sp³-hybridized carbons (Fsp3) is 0.0526. The van der Waals surface area contributed by atoms with E-state index in [-0.39, 0.29) is 0 Å². The molecule has 0 saturated carbocycles. The lowest BCUT2D eigenvalue weighted by molar-refractivity contribution is 0.901. The Hall–Kier alpha value is -2.74. The zero-order valence-corrected chi connectivity index (χ0v) is 11.7. The molecule has 4 aromatic rings. The van der Waals surface area contributed by atoms with E-state index in [0.717, 1.165) is 6.54 Å². The van der Waals surface area contributed by atoms with Crippen LogP contribution in [0.1, 0.15) is 5.56 Å². The molecule has 2 heteroatoms. The van der Waals surface area contributed by atoms with Gasteiger partial charge in [-0.2, -0.15) is 0 Å². The lowest BCUT2D eigenvalue weighted by Crippen LogP contribution is -2.13. The first-order valence-electron chi connectivity index (χ1n) is 7.19. The average Bonchev–Trinajstić information content (AvgIpc) is 2.88. The lowest BCUT2D eigenvalue weighted by Gasteiger charge is -2.11. The molecule has 1 heterocycles. The minimum absolute atomic E-state index is 0.809. The molecule has 0 fully saturated rings. The van der Waals surface area contributed by atoms with Crippen molar-refractivity contribution in [2.45, 2.75) is 6.54 Å². The SMILES string of the molecule is c1ccc(CNn2c3ccccc3c3ccccc32)cc1. The van der Waals surface area contributed by atoms with Crippen LogP contribution in [0, 0.1) is 0 Å². The van der Waals surface area contributed by atoms with Crippen LogP contribution < -0.4 is 5.43 Å². The molecule has 0 radical (unpaired) electrons. The van der Waals surface area contributed by atoms with Gasteiger partial charge in [0, 0.05) is 10.8 Å². The molecule has 2 nitrogen and oxygen atoms in total. The minimum atomic E-state index is 0.809. The van der Waals surface area contributed by atoms with Gasteiger partial charge in [0.2, 0.25) is 0 Å². The highest BCUT2D eigenvalue weighted by molar-refractivity contribution is 6.08. The summed E-state index contributed by atoms with van der Waals surface area (Å²) in [6, 6.07) is 27.5. The highest BCUT2D eigenvalue weighted by Gasteiger charge is 2.08. The summed E-state index contributed by atoms with van der Waals surface area (Å²) in [5.41, 5.74) is 7.26. The minimum Gasteiger partial charge on any atom is -0.321 e. The summed E-state index contributed by atoms with van der Waals surface area (Å²) in [6.45, 7) is 0.809. The average molecular weight is 272 g/mol. The molecular formula is C19H16N2. The van der Waals surface area contributed by atoms with Gasteiger partial charge >= 0.3 is 0 Å². The summed E-state index contributed by atoms with van der Waals surface area (Å²) < 4.78 is 2.19. The van der Waals surface area contributed by atoms with Gasteiger partial charge in [0.1, 0.15) is 0 Å². The zero-order valence-electron chi connectivity index (χ0n) is 11.7. The van der Waals surface area contributed by atoms with E-state index in [1.165, 1.54) is 27.4 Å². The van der Waals surface area contributed by atoms with E-state index >= 15 is 0 Å². The molecule has 1 N–H and O–H groups in total. The fourth-order valence-electron chi connectivity index (χ4n) is 2.86. The normalized spacial score (nSPS) is 11.0. The van der Waals surface area contributed by atoms with Gasteiger partial charge in [0.15, 0.2) is 0 Å². The standard InChI is InChI=1S/C19H16N2/c1-2-8-15(9-3-1)14-20-21-18-12-6-4-10-16(18)17-11-5-7-13-19(17)21/h1-13,20H,14H2. The molecular weight excluding hydrogens is 256 g/mol. The quantitative estimate of drug-likeness (QED) is 0.579. The van der Waals surface area contributed by atoms with E-state index in [2.05, 4.69) is 82.9 Å². The summed E-state index contributed by atoms with van der Waals surface area (Å²) in [6.07, 6.45) is 0. The maximum atomic E-state index is 3.54. The topological polar surface area (TPSA) is 17.0 Å². The van der Waals surface area contributed by atoms with Crippen molar-refractivity contribution in [3.05, 3.63) is 84.4 Å². The van der Waals surface area contributed by atoms with Crippen LogP contribution in [0.15, 0.2) is 78.9 Å². The Morgan fingerprint density at radius 1 is 0.619 bits per heavy atom. The molecule has 0 unspecified atom stereocenters. The first-order chi connectivity index (χ1) is 10.4. The van der Waals surface area contributed by atoms with Crippen molar-refractivity contribution >= 4 is 21.8 Å². The Kier molecular flexibility index (Phi) is 2.86. The molecule has 21 heavy (non-hydrogen) atoms. The molecule has 4 rings (SSSR count). The smallest absolute Gasteiger partial charge is 0.0706 e. The number of benzene rings is 3. The fourth-order valence-corrected chi connectivity index (χ4v) is 2.86. The third-order valence-electron chi connectivity index (χ3n) is 3.86. The van der Waals surface area contributed by atoms with Gasteiger partial charge in [-0.3, -0.25) is 4.68 Å². The van der Waals surface area contributed by atoms with Crippen molar-refractivity contribution < 1.29 is 0 Å². The van der Waals surface area contributed by atoms with Crippen molar-refractivity contribution in [1.29, 1.82) is 0 Å². The number of nitrogens with zero attached hydrogens (tertiary/aromatic N) is 1. The van der Waals surface area contributed by atoms with Crippen LogP contribution in [-0.2, 0) is 6.54 Å². The summed E-state index contributed by atoms with van der Waals surface area (Å²) in [7, 11) is 0. The second-order valence-electron chi connectivity index (χ2n) is 5.19. The van der Waals surface area contributed by atoms with Crippen LogP contribution in [0.2, 0.25) is 0 Å². The van der Waals surface area contributed by atoms with E-state index in [1.54, 1.807) is 0 Å². The van der Waals surface area contributed by atoms with Crippen LogP contribution in [0.25, 0.3) is 21.8 Å². The molecule has 1 aromatic heterocycles. The van der Waals surface area contributed by atoms with Crippen molar-refractivity contribution in [2.24, 2.45) is 0 Å². The van der Waals surface area contributed by atoms with Gasteiger partial charge in [-0.05, 0) is 17.7 Å². The van der Waals surface area contributed by atoms with Crippen LogP contribution in [0.5, 0.6) is 0 Å². The molecule has 0 aliphatic rings. The van der Waals surface area contributed by atoms with E-state index in [1.807, 2.05) is 6.07 Å². The number of rotatable bonds is 3. The van der Waals surface area contributed by atoms with Gasteiger partial charge in [-0.15, -0.1) is 0 Å². The van der Waals surface area contributed by atoms with Crippen molar-refractivity contribution in [3.8, 4) is 0 Å². The maximum absolute atomic E-state index is 3.54. The van der Waals surface area contributed by atoms with E-state index in [0.29, 0.717) is 0 Å². The van der Waals surface area contributed by atoms with Gasteiger partial charge in [-0.25, -0.2) is 0 Å². The van der Waals surface area contributed by atoms with Crippen molar-refractivity contribution in [3.63, 3.8) is 0 Å². The third-order valence-corrected chi connectivity index (χ3v) is 3.86. The zero-order chi connectivity index (χ0) is 14.1. The highest BCUT2D eigenvalue weighted by Crippen LogP contribution is 2.27. The Bertz CT molecular complexity index is 838. The predicted octanol–water partition coefficient (Wildman–Crippen LogP) is 4.54. The van der Waals surface area contributed by atoms with Gasteiger partial charge in [0.05, 0.1) is 17.6 Å². The number of hydrogen-bond donors (Lipinski definition) is 1. The van der Waals surface area contributed by atoms with E-state index in [9.17, 15) is 0 Å². The lowest BCUT2D eigenvalue weighted by atomic mass is 10.2. The molecule has 0 amide bonds. The van der Waals surface area contributed by atoms with Crippen molar-refractivity contribution in [1.82, 2.24) is 4.68 Å². The Labute approximate surface area is 123 Å². The van der Waals surface area contributed by atoms with E-state index in [4.69, 9.17) is 0 Å². The van der Waals surface area contributed by atoms with E-state index < -0.39 is 0 Å². The van der Waals surface area contributed by atoms with Gasteiger partial charge in [0.25, 0.3) is 0 Å². The molecule has 0 atom stereocenters. The third kappa shape index (κ3) is 2.05. The maximum Gasteiger partial charge on any atom is 0.0706 e. The second kappa shape index (κ2) is 4.98. The number of fused-ring (bicyclic) bond motifs is 3. The summed E-state index contributed by atoms with van der Waals surface area (Å²) in [5.74, 6) is 0. The van der Waals surface area contributed by atoms with Gasteiger partial charge < -0.3 is 5.43 Å². The summed E-state index contributed by atoms with van der Waals surface area (Å²) >= 11 is 0. The molecule has 3 aromatic carbocycles. The molecule has 102 valence electrons. The Balaban J connectivity index is 1.82. The number of para-hydroxylation sites is 2. The Morgan fingerprint density at radius 2 is 1.14 bits per heavy atom. The highest BCUT2D eigenvalue weighted by atomic mass is 15.4. The number of nitrogens with one attached hydrogen (secondary N) is 1. The van der Waals surface area contributed by atoms with Crippen LogP contribution >= 0.6 is 0 Å². The van der Waals surface area contributed by atoms with Crippen molar-refractivity contribution in [2.75, 3.05) is 5.43 Å². The first kappa shape index (κ1) is 12.0. The largest absolute Gasteiger partial charge is 0.321 e. The van der Waals surface area contributed by atoms with Crippen LogP contribution in [0.3, 0.4) is 0 Å². The molecule has 0 aliphatic heterocycles. The second-order valence-corrected chi connectivity index (χ2v) is 5.19. The molecule has 0 bridgehead atoms. The number of aromatic nitrogens is 1. The molecule has 0 saturated heterocycles. The molecule has 0 spiro atoms. The summed E-state index contributed by atoms with van der Waals surface area (Å²) in [5, 5.41) is 2.57. The van der Waals surface area contributed by atoms with Crippen LogP contribution in [0.4, 0.5) is 0 Å². The van der Waals surface area contributed by atoms with Gasteiger partial charge in [-0.1, -0.05) is 66.7 Å².